The molecule has 4 atom stereocenters. The lowest BCUT2D eigenvalue weighted by atomic mass is 9.70. The van der Waals surface area contributed by atoms with E-state index in [-0.39, 0.29) is 23.8 Å². The van der Waals surface area contributed by atoms with Gasteiger partial charge in [-0.2, -0.15) is 0 Å². The van der Waals surface area contributed by atoms with E-state index in [1.165, 1.54) is 0 Å². The van der Waals surface area contributed by atoms with E-state index in [1.807, 2.05) is 0 Å². The first kappa shape index (κ1) is 8.73. The molecule has 13 heavy (non-hydrogen) atoms. The number of hydrogen-bond acceptors (Lipinski definition) is 3. The third-order valence-electron chi connectivity index (χ3n) is 3.52. The number of fused-ring (bicyclic) bond motifs is 1. The first-order chi connectivity index (χ1) is 6.09. The maximum absolute atomic E-state index is 11.2. The summed E-state index contributed by atoms with van der Waals surface area (Å²) in [7, 11) is 0. The molecule has 3 heteroatoms. The maximum atomic E-state index is 11.2. The minimum atomic E-state index is -0.297. The van der Waals surface area contributed by atoms with Crippen molar-refractivity contribution in [2.45, 2.75) is 26.7 Å². The molecule has 2 unspecified atom stereocenters. The molecule has 0 amide bonds. The summed E-state index contributed by atoms with van der Waals surface area (Å²) in [6, 6.07) is 0. The van der Waals surface area contributed by atoms with E-state index >= 15 is 0 Å². The highest BCUT2D eigenvalue weighted by Gasteiger charge is 2.48. The molecule has 0 aromatic rings. The van der Waals surface area contributed by atoms with E-state index in [2.05, 4.69) is 18.6 Å². The van der Waals surface area contributed by atoms with Crippen molar-refractivity contribution in [3.8, 4) is 0 Å². The van der Waals surface area contributed by atoms with E-state index in [0.29, 0.717) is 11.8 Å². The van der Waals surface area contributed by atoms with Crippen LogP contribution in [0.5, 0.6) is 0 Å². The Morgan fingerprint density at radius 2 is 1.38 bits per heavy atom. The highest BCUT2D eigenvalue weighted by atomic mass is 16.6. The van der Waals surface area contributed by atoms with Crippen LogP contribution in [0, 0.1) is 23.7 Å². The molecule has 0 aromatic heterocycles. The summed E-state index contributed by atoms with van der Waals surface area (Å²) in [5.41, 5.74) is 0. The second kappa shape index (κ2) is 2.82. The standard InChI is InChI=1S/C10H14O3/c1-5-3-7-8(4-6(5)2)10(12)13-9(7)11/h5-8H,3-4H2,1-2H3/t5?,6?,7-,8+. The Hall–Kier alpha value is -0.860. The lowest BCUT2D eigenvalue weighted by Crippen LogP contribution is -2.30. The van der Waals surface area contributed by atoms with Gasteiger partial charge >= 0.3 is 11.9 Å². The Morgan fingerprint density at radius 1 is 1.00 bits per heavy atom. The number of esters is 2. The summed E-state index contributed by atoms with van der Waals surface area (Å²) in [6.07, 6.45) is 1.63. The molecule has 1 heterocycles. The van der Waals surface area contributed by atoms with Gasteiger partial charge in [0, 0.05) is 0 Å². The fourth-order valence-electron chi connectivity index (χ4n) is 2.37. The maximum Gasteiger partial charge on any atom is 0.317 e. The summed E-state index contributed by atoms with van der Waals surface area (Å²) in [5.74, 6) is 0.180. The predicted octanol–water partition coefficient (Wildman–Crippen LogP) is 1.37. The smallest absolute Gasteiger partial charge is 0.317 e. The van der Waals surface area contributed by atoms with E-state index in [4.69, 9.17) is 0 Å². The van der Waals surface area contributed by atoms with Crippen LogP contribution < -0.4 is 0 Å². The van der Waals surface area contributed by atoms with Crippen molar-refractivity contribution >= 4 is 11.9 Å². The number of hydrogen-bond donors (Lipinski definition) is 0. The number of cyclic esters (lactones) is 2. The highest BCUT2D eigenvalue weighted by molar-refractivity contribution is 5.96. The van der Waals surface area contributed by atoms with Gasteiger partial charge in [-0.1, -0.05) is 13.8 Å². The van der Waals surface area contributed by atoms with Crippen LogP contribution in [-0.4, -0.2) is 11.9 Å². The molecule has 0 spiro atoms. The minimum Gasteiger partial charge on any atom is -0.393 e. The second-order valence-electron chi connectivity index (χ2n) is 4.38. The van der Waals surface area contributed by atoms with Crippen molar-refractivity contribution in [2.75, 3.05) is 0 Å². The molecule has 0 bridgehead atoms. The summed E-state index contributed by atoms with van der Waals surface area (Å²) in [4.78, 5) is 22.5. The highest BCUT2D eigenvalue weighted by Crippen LogP contribution is 2.42. The Morgan fingerprint density at radius 3 is 1.77 bits per heavy atom. The van der Waals surface area contributed by atoms with Crippen LogP contribution in [0.4, 0.5) is 0 Å². The van der Waals surface area contributed by atoms with Crippen molar-refractivity contribution in [1.29, 1.82) is 0 Å². The van der Waals surface area contributed by atoms with Crippen LogP contribution in [0.2, 0.25) is 0 Å². The average molecular weight is 182 g/mol. The van der Waals surface area contributed by atoms with Crippen LogP contribution in [0.15, 0.2) is 0 Å². The molecule has 0 radical (unpaired) electrons. The monoisotopic (exact) mass is 182 g/mol. The molecule has 1 aliphatic heterocycles. The van der Waals surface area contributed by atoms with E-state index in [9.17, 15) is 9.59 Å². The quantitative estimate of drug-likeness (QED) is 0.419. The molecular formula is C10H14O3. The van der Waals surface area contributed by atoms with Gasteiger partial charge in [0.05, 0.1) is 11.8 Å². The van der Waals surface area contributed by atoms with Crippen LogP contribution in [-0.2, 0) is 14.3 Å². The minimum absolute atomic E-state index is 0.140. The van der Waals surface area contributed by atoms with Gasteiger partial charge in [0.25, 0.3) is 0 Å². The Bertz CT molecular complexity index is 233. The van der Waals surface area contributed by atoms with Gasteiger partial charge in [-0.15, -0.1) is 0 Å². The molecule has 3 nitrogen and oxygen atoms in total. The van der Waals surface area contributed by atoms with Crippen LogP contribution in [0.25, 0.3) is 0 Å². The zero-order valence-electron chi connectivity index (χ0n) is 7.95. The number of ether oxygens (including phenoxy) is 1. The lowest BCUT2D eigenvalue weighted by Gasteiger charge is -2.30. The fourth-order valence-corrected chi connectivity index (χ4v) is 2.37. The van der Waals surface area contributed by atoms with E-state index in [1.54, 1.807) is 0 Å². The van der Waals surface area contributed by atoms with Crippen molar-refractivity contribution in [3.63, 3.8) is 0 Å². The molecule has 1 saturated carbocycles. The van der Waals surface area contributed by atoms with E-state index in [0.717, 1.165) is 12.8 Å². The Balaban J connectivity index is 2.19. The van der Waals surface area contributed by atoms with Crippen LogP contribution >= 0.6 is 0 Å². The Labute approximate surface area is 77.4 Å². The first-order valence-corrected chi connectivity index (χ1v) is 4.85. The molecule has 1 saturated heterocycles. The molecule has 2 fully saturated rings. The second-order valence-corrected chi connectivity index (χ2v) is 4.38. The molecule has 2 aliphatic rings. The summed E-state index contributed by atoms with van der Waals surface area (Å²) in [5, 5.41) is 0. The van der Waals surface area contributed by atoms with Gasteiger partial charge in [0.1, 0.15) is 0 Å². The zero-order chi connectivity index (χ0) is 9.59. The third kappa shape index (κ3) is 1.26. The summed E-state index contributed by atoms with van der Waals surface area (Å²) >= 11 is 0. The van der Waals surface area contributed by atoms with Gasteiger partial charge in [0.15, 0.2) is 0 Å². The number of carbonyl (C=O) groups is 2. The van der Waals surface area contributed by atoms with Crippen LogP contribution in [0.3, 0.4) is 0 Å². The number of rotatable bonds is 0. The first-order valence-electron chi connectivity index (χ1n) is 4.85. The fraction of sp³-hybridized carbons (Fsp3) is 0.800. The summed E-state index contributed by atoms with van der Waals surface area (Å²) < 4.78 is 4.63. The van der Waals surface area contributed by atoms with Gasteiger partial charge in [-0.05, 0) is 24.7 Å². The third-order valence-corrected chi connectivity index (χ3v) is 3.52. The Kier molecular flexibility index (Phi) is 1.90. The molecule has 1 aliphatic carbocycles. The normalized spacial score (nSPS) is 44.5. The number of carbonyl (C=O) groups excluding carboxylic acids is 2. The molecule has 0 N–H and O–H groups in total. The van der Waals surface area contributed by atoms with Crippen LogP contribution in [0.1, 0.15) is 26.7 Å². The van der Waals surface area contributed by atoms with Crippen molar-refractivity contribution in [2.24, 2.45) is 23.7 Å². The van der Waals surface area contributed by atoms with Crippen molar-refractivity contribution in [1.82, 2.24) is 0 Å². The van der Waals surface area contributed by atoms with Crippen molar-refractivity contribution in [3.05, 3.63) is 0 Å². The van der Waals surface area contributed by atoms with Gasteiger partial charge < -0.3 is 4.74 Å². The van der Waals surface area contributed by atoms with E-state index < -0.39 is 0 Å². The van der Waals surface area contributed by atoms with Crippen molar-refractivity contribution < 1.29 is 14.3 Å². The predicted molar refractivity (Wildman–Crippen MR) is 45.6 cm³/mol. The van der Waals surface area contributed by atoms with Gasteiger partial charge in [0.2, 0.25) is 0 Å². The lowest BCUT2D eigenvalue weighted by molar-refractivity contribution is -0.153. The summed E-state index contributed by atoms with van der Waals surface area (Å²) in [6.45, 7) is 4.27. The molecular weight excluding hydrogens is 168 g/mol. The van der Waals surface area contributed by atoms with Gasteiger partial charge in [-0.3, -0.25) is 9.59 Å². The topological polar surface area (TPSA) is 43.4 Å². The molecule has 0 aromatic carbocycles. The molecule has 72 valence electrons. The van der Waals surface area contributed by atoms with Gasteiger partial charge in [-0.25, -0.2) is 0 Å². The average Bonchev–Trinajstić information content (AvgIpc) is 2.31. The largest absolute Gasteiger partial charge is 0.393 e. The molecule has 2 rings (SSSR count). The SMILES string of the molecule is CC1C[C@@H]2C(=O)OC(=O)[C@@H]2CC1C. The zero-order valence-corrected chi connectivity index (χ0v) is 7.95.